The molecular weight excluding hydrogens is 265 g/mol. The smallest absolute Gasteiger partial charge is 0.274 e. The summed E-state index contributed by atoms with van der Waals surface area (Å²) >= 11 is 0. The zero-order valence-corrected chi connectivity index (χ0v) is 11.1. The Bertz CT molecular complexity index is 478. The summed E-state index contributed by atoms with van der Waals surface area (Å²) in [5.74, 6) is -0.497. The Kier molecular flexibility index (Phi) is 4.99. The lowest BCUT2D eigenvalue weighted by molar-refractivity contribution is -0.386. The fourth-order valence-electron chi connectivity index (χ4n) is 2.61. The van der Waals surface area contributed by atoms with E-state index in [-0.39, 0.29) is 18.3 Å². The van der Waals surface area contributed by atoms with Gasteiger partial charge in [0.1, 0.15) is 5.82 Å². The second-order valence-electron chi connectivity index (χ2n) is 4.77. The van der Waals surface area contributed by atoms with E-state index in [0.29, 0.717) is 12.0 Å². The van der Waals surface area contributed by atoms with E-state index in [1.807, 2.05) is 0 Å². The van der Waals surface area contributed by atoms with Crippen molar-refractivity contribution in [2.75, 3.05) is 32.8 Å². The molecule has 0 radical (unpaired) electrons. The Morgan fingerprint density at radius 3 is 2.75 bits per heavy atom. The summed E-state index contributed by atoms with van der Waals surface area (Å²) in [5.41, 5.74) is 0.245. The van der Waals surface area contributed by atoms with Crippen LogP contribution in [-0.2, 0) is 0 Å². The molecule has 0 amide bonds. The first-order valence-electron chi connectivity index (χ1n) is 6.63. The number of halogens is 1. The molecule has 1 fully saturated rings. The number of nitro benzene ring substituents is 1. The topological polar surface area (TPSA) is 78.6 Å². The van der Waals surface area contributed by atoms with Gasteiger partial charge in [0.15, 0.2) is 0 Å². The Morgan fingerprint density at radius 2 is 2.15 bits per heavy atom. The number of nitro groups is 1. The van der Waals surface area contributed by atoms with Gasteiger partial charge in [-0.3, -0.25) is 15.0 Å². The number of aliphatic hydroxyl groups is 1. The number of nitrogens with one attached hydrogen (secondary N) is 1. The van der Waals surface area contributed by atoms with Gasteiger partial charge in [-0.05, 0) is 18.6 Å². The lowest BCUT2D eigenvalue weighted by atomic mass is 9.99. The highest BCUT2D eigenvalue weighted by Gasteiger charge is 2.28. The highest BCUT2D eigenvalue weighted by molar-refractivity contribution is 5.42. The molecule has 6 nitrogen and oxygen atoms in total. The third-order valence-corrected chi connectivity index (χ3v) is 3.54. The first-order chi connectivity index (χ1) is 9.63. The molecule has 7 heteroatoms. The van der Waals surface area contributed by atoms with Gasteiger partial charge in [-0.1, -0.05) is 0 Å². The van der Waals surface area contributed by atoms with Crippen molar-refractivity contribution in [1.29, 1.82) is 0 Å². The second-order valence-corrected chi connectivity index (χ2v) is 4.77. The highest BCUT2D eigenvalue weighted by Crippen LogP contribution is 2.32. The quantitative estimate of drug-likeness (QED) is 0.624. The predicted octanol–water partition coefficient (Wildman–Crippen LogP) is 1.06. The molecule has 110 valence electrons. The van der Waals surface area contributed by atoms with E-state index in [4.69, 9.17) is 0 Å². The molecule has 1 aliphatic rings. The summed E-state index contributed by atoms with van der Waals surface area (Å²) in [7, 11) is 0. The predicted molar refractivity (Wildman–Crippen MR) is 71.9 cm³/mol. The van der Waals surface area contributed by atoms with Crippen molar-refractivity contribution in [3.8, 4) is 0 Å². The number of aliphatic hydroxyl groups excluding tert-OH is 1. The maximum absolute atomic E-state index is 13.5. The number of hydrogen-bond acceptors (Lipinski definition) is 5. The molecule has 0 unspecified atom stereocenters. The van der Waals surface area contributed by atoms with Gasteiger partial charge in [0.05, 0.1) is 4.92 Å². The van der Waals surface area contributed by atoms with Gasteiger partial charge in [0.2, 0.25) is 0 Å². The van der Waals surface area contributed by atoms with E-state index in [1.54, 1.807) is 0 Å². The van der Waals surface area contributed by atoms with Crippen LogP contribution >= 0.6 is 0 Å². The van der Waals surface area contributed by atoms with E-state index in [1.165, 1.54) is 12.1 Å². The first-order valence-corrected chi connectivity index (χ1v) is 6.63. The van der Waals surface area contributed by atoms with Crippen molar-refractivity contribution in [2.45, 2.75) is 12.5 Å². The van der Waals surface area contributed by atoms with E-state index in [0.717, 1.165) is 32.2 Å². The van der Waals surface area contributed by atoms with Crippen LogP contribution in [0.25, 0.3) is 0 Å². The summed E-state index contributed by atoms with van der Waals surface area (Å²) < 4.78 is 13.5. The van der Waals surface area contributed by atoms with Crippen LogP contribution in [0.1, 0.15) is 18.0 Å². The maximum atomic E-state index is 13.5. The SMILES string of the molecule is O=[N+]([O-])c1ccc(F)cc1[C@H](CCO)N1CCNCC1. The molecule has 0 bridgehead atoms. The number of rotatable bonds is 5. The zero-order chi connectivity index (χ0) is 14.5. The molecule has 0 spiro atoms. The van der Waals surface area contributed by atoms with Crippen LogP contribution in [0.2, 0.25) is 0 Å². The molecule has 2 rings (SSSR count). The minimum absolute atomic E-state index is 0.0941. The molecule has 1 atom stereocenters. The van der Waals surface area contributed by atoms with Crippen LogP contribution in [0.5, 0.6) is 0 Å². The lowest BCUT2D eigenvalue weighted by Crippen LogP contribution is -2.45. The second kappa shape index (κ2) is 6.74. The van der Waals surface area contributed by atoms with Crippen molar-refractivity contribution in [3.63, 3.8) is 0 Å². The molecule has 1 heterocycles. The third kappa shape index (κ3) is 3.30. The Morgan fingerprint density at radius 1 is 1.45 bits per heavy atom. The van der Waals surface area contributed by atoms with Gasteiger partial charge >= 0.3 is 0 Å². The average Bonchev–Trinajstić information content (AvgIpc) is 2.45. The fraction of sp³-hybridized carbons (Fsp3) is 0.538. The summed E-state index contributed by atoms with van der Waals surface area (Å²) in [6, 6.07) is 3.16. The summed E-state index contributed by atoms with van der Waals surface area (Å²) in [6.45, 7) is 2.91. The third-order valence-electron chi connectivity index (χ3n) is 3.54. The number of nitrogens with zero attached hydrogens (tertiary/aromatic N) is 2. The molecule has 0 aliphatic carbocycles. The molecule has 0 aromatic heterocycles. The van der Waals surface area contributed by atoms with Gasteiger partial charge < -0.3 is 10.4 Å². The van der Waals surface area contributed by atoms with Crippen molar-refractivity contribution in [2.24, 2.45) is 0 Å². The van der Waals surface area contributed by atoms with Gasteiger partial charge in [-0.25, -0.2) is 4.39 Å². The standard InChI is InChI=1S/C13H18FN3O3/c14-10-1-2-13(17(19)20)11(9-10)12(3-8-18)16-6-4-15-5-7-16/h1-2,9,12,15,18H,3-8H2/t12-/m0/s1. The lowest BCUT2D eigenvalue weighted by Gasteiger charge is -2.34. The monoisotopic (exact) mass is 283 g/mol. The molecule has 0 saturated carbocycles. The minimum Gasteiger partial charge on any atom is -0.396 e. The molecule has 1 aliphatic heterocycles. The Labute approximate surface area is 116 Å². The van der Waals surface area contributed by atoms with Crippen LogP contribution in [0, 0.1) is 15.9 Å². The van der Waals surface area contributed by atoms with Crippen LogP contribution in [0.3, 0.4) is 0 Å². The van der Waals surface area contributed by atoms with Crippen molar-refractivity contribution >= 4 is 5.69 Å². The van der Waals surface area contributed by atoms with Crippen LogP contribution in [-0.4, -0.2) is 47.7 Å². The molecule has 1 aromatic carbocycles. The van der Waals surface area contributed by atoms with E-state index in [9.17, 15) is 19.6 Å². The van der Waals surface area contributed by atoms with Gasteiger partial charge in [-0.15, -0.1) is 0 Å². The summed E-state index contributed by atoms with van der Waals surface area (Å²) in [5, 5.41) is 23.5. The highest BCUT2D eigenvalue weighted by atomic mass is 19.1. The minimum atomic E-state index is -0.499. The first kappa shape index (κ1) is 14.8. The van der Waals surface area contributed by atoms with Crippen LogP contribution in [0.15, 0.2) is 18.2 Å². The van der Waals surface area contributed by atoms with Gasteiger partial charge in [0.25, 0.3) is 5.69 Å². The molecule has 2 N–H and O–H groups in total. The van der Waals surface area contributed by atoms with E-state index in [2.05, 4.69) is 10.2 Å². The Hall–Kier alpha value is -1.57. The zero-order valence-electron chi connectivity index (χ0n) is 11.1. The average molecular weight is 283 g/mol. The van der Waals surface area contributed by atoms with Crippen molar-refractivity contribution in [3.05, 3.63) is 39.7 Å². The molecule has 20 heavy (non-hydrogen) atoms. The van der Waals surface area contributed by atoms with Crippen LogP contribution in [0.4, 0.5) is 10.1 Å². The number of benzene rings is 1. The van der Waals surface area contributed by atoms with Crippen molar-refractivity contribution < 1.29 is 14.4 Å². The Balaban J connectivity index is 2.36. The maximum Gasteiger partial charge on any atom is 0.274 e. The summed E-state index contributed by atoms with van der Waals surface area (Å²) in [4.78, 5) is 12.7. The largest absolute Gasteiger partial charge is 0.396 e. The number of hydrogen-bond donors (Lipinski definition) is 2. The molecular formula is C13H18FN3O3. The van der Waals surface area contributed by atoms with Gasteiger partial charge in [0, 0.05) is 50.5 Å². The van der Waals surface area contributed by atoms with Crippen molar-refractivity contribution in [1.82, 2.24) is 10.2 Å². The number of piperazine rings is 1. The molecule has 1 aromatic rings. The molecule has 1 saturated heterocycles. The van der Waals surface area contributed by atoms with Gasteiger partial charge in [-0.2, -0.15) is 0 Å². The fourth-order valence-corrected chi connectivity index (χ4v) is 2.61. The van der Waals surface area contributed by atoms with Crippen LogP contribution < -0.4 is 5.32 Å². The summed E-state index contributed by atoms with van der Waals surface area (Å²) in [6.07, 6.45) is 0.351. The van der Waals surface area contributed by atoms with E-state index < -0.39 is 10.7 Å². The van der Waals surface area contributed by atoms with E-state index >= 15 is 0 Å². The normalized spacial score (nSPS) is 17.9.